The van der Waals surface area contributed by atoms with Gasteiger partial charge in [-0.25, -0.2) is 4.98 Å². The van der Waals surface area contributed by atoms with E-state index in [-0.39, 0.29) is 0 Å². The first-order valence-corrected chi connectivity index (χ1v) is 9.04. The lowest BCUT2D eigenvalue weighted by Crippen LogP contribution is -2.48. The Kier molecular flexibility index (Phi) is 5.81. The van der Waals surface area contributed by atoms with Gasteiger partial charge in [-0.1, -0.05) is 12.8 Å². The molecule has 0 radical (unpaired) electrons. The van der Waals surface area contributed by atoms with Crippen molar-refractivity contribution in [2.75, 3.05) is 26.2 Å². The van der Waals surface area contributed by atoms with Gasteiger partial charge in [0, 0.05) is 25.0 Å². The van der Waals surface area contributed by atoms with Gasteiger partial charge in [-0.15, -0.1) is 0 Å². The maximum absolute atomic E-state index is 12.7. The lowest BCUT2D eigenvalue weighted by Gasteiger charge is -2.39. The van der Waals surface area contributed by atoms with E-state index in [0.29, 0.717) is 18.4 Å². The van der Waals surface area contributed by atoms with Gasteiger partial charge < -0.3 is 4.57 Å². The van der Waals surface area contributed by atoms with E-state index in [9.17, 15) is 13.2 Å². The van der Waals surface area contributed by atoms with E-state index in [0.717, 1.165) is 19.5 Å². The van der Waals surface area contributed by atoms with Crippen LogP contribution in [0.25, 0.3) is 0 Å². The number of halogens is 3. The Morgan fingerprint density at radius 2 is 1.79 bits per heavy atom. The van der Waals surface area contributed by atoms with Crippen LogP contribution in [-0.2, 0) is 13.1 Å². The molecular weight excluding hydrogens is 317 g/mol. The molecule has 0 aromatic carbocycles. The lowest BCUT2D eigenvalue weighted by atomic mass is 10.0. The zero-order valence-corrected chi connectivity index (χ0v) is 14.1. The van der Waals surface area contributed by atoms with Crippen molar-refractivity contribution in [3.63, 3.8) is 0 Å². The molecule has 2 aliphatic rings. The highest BCUT2D eigenvalue weighted by atomic mass is 19.4. The van der Waals surface area contributed by atoms with Crippen LogP contribution in [0.2, 0.25) is 0 Å². The van der Waals surface area contributed by atoms with Crippen LogP contribution in [0.1, 0.15) is 44.3 Å². The summed E-state index contributed by atoms with van der Waals surface area (Å²) < 4.78 is 39.2. The summed E-state index contributed by atoms with van der Waals surface area (Å²) in [5.74, 6) is 0.517. The van der Waals surface area contributed by atoms with Crippen molar-refractivity contribution in [3.05, 3.63) is 18.2 Å². The van der Waals surface area contributed by atoms with Crippen LogP contribution >= 0.6 is 0 Å². The monoisotopic (exact) mass is 344 g/mol. The van der Waals surface area contributed by atoms with E-state index >= 15 is 0 Å². The molecule has 24 heavy (non-hydrogen) atoms. The average molecular weight is 344 g/mol. The van der Waals surface area contributed by atoms with Crippen molar-refractivity contribution in [1.82, 2.24) is 19.4 Å². The Morgan fingerprint density at radius 3 is 2.50 bits per heavy atom. The highest BCUT2D eigenvalue weighted by Crippen LogP contribution is 2.22. The Labute approximate surface area is 141 Å². The third kappa shape index (κ3) is 4.96. The van der Waals surface area contributed by atoms with Crippen molar-refractivity contribution in [2.24, 2.45) is 0 Å². The maximum atomic E-state index is 12.7. The summed E-state index contributed by atoms with van der Waals surface area (Å²) in [6, 6.07) is 0.544. The molecule has 0 unspecified atom stereocenters. The fourth-order valence-corrected chi connectivity index (χ4v) is 3.96. The first kappa shape index (κ1) is 17.7. The number of likely N-dealkylation sites (tertiary alicyclic amines) is 2. The quantitative estimate of drug-likeness (QED) is 0.838. The predicted octanol–water partition coefficient (Wildman–Crippen LogP) is 3.29. The maximum Gasteiger partial charge on any atom is 0.406 e. The molecule has 136 valence electrons. The molecule has 0 amide bonds. The van der Waals surface area contributed by atoms with Gasteiger partial charge in [0.2, 0.25) is 0 Å². The summed E-state index contributed by atoms with van der Waals surface area (Å²) in [7, 11) is 0. The van der Waals surface area contributed by atoms with Crippen molar-refractivity contribution >= 4 is 0 Å². The lowest BCUT2D eigenvalue weighted by molar-refractivity contribution is -0.141. The van der Waals surface area contributed by atoms with Crippen LogP contribution < -0.4 is 0 Å². The van der Waals surface area contributed by atoms with Gasteiger partial charge in [0.1, 0.15) is 12.4 Å². The molecule has 0 spiro atoms. The number of alkyl halides is 3. The second kappa shape index (κ2) is 7.87. The molecule has 4 nitrogen and oxygen atoms in total. The number of hydrogen-bond donors (Lipinski definition) is 0. The Balaban J connectivity index is 1.58. The van der Waals surface area contributed by atoms with Crippen molar-refractivity contribution in [2.45, 2.75) is 63.8 Å². The molecule has 0 N–H and O–H groups in total. The normalized spacial score (nSPS) is 24.9. The van der Waals surface area contributed by atoms with Gasteiger partial charge in [0.05, 0.1) is 6.54 Å². The van der Waals surface area contributed by atoms with E-state index in [1.54, 1.807) is 0 Å². The van der Waals surface area contributed by atoms with Gasteiger partial charge in [0.15, 0.2) is 0 Å². The highest BCUT2D eigenvalue weighted by Gasteiger charge is 2.30. The van der Waals surface area contributed by atoms with Crippen molar-refractivity contribution in [1.29, 1.82) is 0 Å². The SMILES string of the molecule is FC(F)(F)Cn1ccnc1CN1CCC[C@H](N2CCCCCC2)C1. The molecular formula is C17H27F3N4. The smallest absolute Gasteiger partial charge is 0.325 e. The van der Waals surface area contributed by atoms with Gasteiger partial charge in [-0.3, -0.25) is 9.80 Å². The fourth-order valence-electron chi connectivity index (χ4n) is 3.96. The average Bonchev–Trinajstić information content (AvgIpc) is 2.79. The Bertz CT molecular complexity index is 506. The topological polar surface area (TPSA) is 24.3 Å². The molecule has 0 bridgehead atoms. The molecule has 3 rings (SSSR count). The first-order valence-electron chi connectivity index (χ1n) is 9.04. The number of imidazole rings is 1. The second-order valence-corrected chi connectivity index (χ2v) is 7.07. The number of piperidine rings is 1. The predicted molar refractivity (Wildman–Crippen MR) is 86.6 cm³/mol. The number of nitrogens with zero attached hydrogens (tertiary/aromatic N) is 4. The van der Waals surface area contributed by atoms with Crippen molar-refractivity contribution in [3.8, 4) is 0 Å². The van der Waals surface area contributed by atoms with Crippen LogP contribution in [0.4, 0.5) is 13.2 Å². The molecule has 0 saturated carbocycles. The zero-order valence-electron chi connectivity index (χ0n) is 14.1. The molecule has 1 aromatic heterocycles. The summed E-state index contributed by atoms with van der Waals surface area (Å²) in [5.41, 5.74) is 0. The summed E-state index contributed by atoms with van der Waals surface area (Å²) in [4.78, 5) is 9.03. The second-order valence-electron chi connectivity index (χ2n) is 7.07. The fraction of sp³-hybridized carbons (Fsp3) is 0.824. The summed E-state index contributed by atoms with van der Waals surface area (Å²) >= 11 is 0. The molecule has 2 aliphatic heterocycles. The van der Waals surface area contributed by atoms with Gasteiger partial charge in [-0.2, -0.15) is 13.2 Å². The first-order chi connectivity index (χ1) is 11.5. The summed E-state index contributed by atoms with van der Waals surface area (Å²) in [6.07, 6.45) is 6.19. The zero-order chi connectivity index (χ0) is 17.0. The summed E-state index contributed by atoms with van der Waals surface area (Å²) in [6.45, 7) is 3.78. The van der Waals surface area contributed by atoms with Crippen LogP contribution in [0.3, 0.4) is 0 Å². The van der Waals surface area contributed by atoms with Crippen LogP contribution in [0.15, 0.2) is 12.4 Å². The number of hydrogen-bond acceptors (Lipinski definition) is 3. The van der Waals surface area contributed by atoms with Crippen molar-refractivity contribution < 1.29 is 13.2 Å². The highest BCUT2D eigenvalue weighted by molar-refractivity contribution is 4.94. The Morgan fingerprint density at radius 1 is 1.04 bits per heavy atom. The van der Waals surface area contributed by atoms with Crippen LogP contribution in [-0.4, -0.2) is 57.7 Å². The molecule has 0 aliphatic carbocycles. The minimum Gasteiger partial charge on any atom is -0.325 e. The molecule has 2 fully saturated rings. The Hall–Kier alpha value is -1.08. The summed E-state index contributed by atoms with van der Waals surface area (Å²) in [5, 5.41) is 0. The largest absolute Gasteiger partial charge is 0.406 e. The molecule has 2 saturated heterocycles. The minimum absolute atomic E-state index is 0.507. The van der Waals surface area contributed by atoms with Crippen LogP contribution in [0, 0.1) is 0 Å². The van der Waals surface area contributed by atoms with E-state index in [2.05, 4.69) is 14.8 Å². The van der Waals surface area contributed by atoms with Gasteiger partial charge >= 0.3 is 6.18 Å². The molecule has 3 heterocycles. The minimum atomic E-state index is -4.20. The van der Waals surface area contributed by atoms with Gasteiger partial charge in [-0.05, 0) is 45.3 Å². The third-order valence-corrected chi connectivity index (χ3v) is 5.15. The molecule has 1 aromatic rings. The molecule has 7 heteroatoms. The standard InChI is InChI=1S/C17H27F3N4/c18-17(19,20)14-24-11-7-21-16(24)13-22-8-5-6-15(12-22)23-9-3-1-2-4-10-23/h7,11,15H,1-6,8-10,12-14H2/t15-/m0/s1. The van der Waals surface area contributed by atoms with E-state index < -0.39 is 12.7 Å². The van der Waals surface area contributed by atoms with E-state index in [4.69, 9.17) is 0 Å². The van der Waals surface area contributed by atoms with E-state index in [1.165, 1.54) is 62.2 Å². The number of aromatic nitrogens is 2. The van der Waals surface area contributed by atoms with Crippen LogP contribution in [0.5, 0.6) is 0 Å². The number of rotatable bonds is 4. The molecule has 1 atom stereocenters. The van der Waals surface area contributed by atoms with E-state index in [1.807, 2.05) is 0 Å². The van der Waals surface area contributed by atoms with Gasteiger partial charge in [0.25, 0.3) is 0 Å². The third-order valence-electron chi connectivity index (χ3n) is 5.15.